The number of hydrogen-bond donors (Lipinski definition) is 3. The molecule has 10 heteroatoms. The van der Waals surface area contributed by atoms with Crippen LogP contribution in [0.2, 0.25) is 0 Å². The van der Waals surface area contributed by atoms with Crippen LogP contribution in [-0.2, 0) is 16.6 Å². The molecule has 4 rings (SSSR count). The summed E-state index contributed by atoms with van der Waals surface area (Å²) in [6.07, 6.45) is 3.36. The summed E-state index contributed by atoms with van der Waals surface area (Å²) in [5, 5.41) is 7.86. The van der Waals surface area contributed by atoms with E-state index < -0.39 is 10.0 Å². The van der Waals surface area contributed by atoms with Gasteiger partial charge in [-0.1, -0.05) is 12.1 Å². The molecule has 0 unspecified atom stereocenters. The number of nitrogens with zero attached hydrogens (tertiary/aromatic N) is 2. The number of thiophene rings is 1. The SMILES string of the molecule is O=C(NCc1cccnc1)c1ccc(N2CCNCC2)c(NS(=O)(=O)c2cccs2)c1. The first-order valence-corrected chi connectivity index (χ1v) is 12.2. The van der Waals surface area contributed by atoms with Crippen molar-refractivity contribution in [3.05, 3.63) is 71.4 Å². The highest BCUT2D eigenvalue weighted by Gasteiger charge is 2.22. The zero-order valence-electron chi connectivity index (χ0n) is 16.7. The van der Waals surface area contributed by atoms with Gasteiger partial charge in [0, 0.05) is 50.7 Å². The molecule has 3 aromatic rings. The normalized spacial score (nSPS) is 14.3. The van der Waals surface area contributed by atoms with E-state index in [2.05, 4.69) is 25.2 Å². The number of piperazine rings is 1. The summed E-state index contributed by atoms with van der Waals surface area (Å²) in [5.74, 6) is -0.285. The zero-order chi connectivity index (χ0) is 21.7. The topological polar surface area (TPSA) is 103 Å². The van der Waals surface area contributed by atoms with Crippen LogP contribution in [0.25, 0.3) is 0 Å². The summed E-state index contributed by atoms with van der Waals surface area (Å²) in [5.41, 5.74) is 2.41. The lowest BCUT2D eigenvalue weighted by molar-refractivity contribution is 0.0951. The van der Waals surface area contributed by atoms with Gasteiger partial charge >= 0.3 is 0 Å². The molecule has 1 saturated heterocycles. The summed E-state index contributed by atoms with van der Waals surface area (Å²) < 4.78 is 28.6. The summed E-state index contributed by atoms with van der Waals surface area (Å²) in [6, 6.07) is 12.1. The van der Waals surface area contributed by atoms with E-state index in [1.54, 1.807) is 54.2 Å². The summed E-state index contributed by atoms with van der Waals surface area (Å²) >= 11 is 1.15. The molecule has 31 heavy (non-hydrogen) atoms. The minimum absolute atomic E-state index is 0.227. The standard InChI is InChI=1S/C21H23N5O3S2/c27-21(24-15-16-3-1-7-23-14-16)17-5-6-19(26-10-8-22-9-11-26)18(13-17)25-31(28,29)20-4-2-12-30-20/h1-7,12-14,22,25H,8-11,15H2,(H,24,27). The smallest absolute Gasteiger partial charge is 0.271 e. The van der Waals surface area contributed by atoms with E-state index in [1.807, 2.05) is 6.07 Å². The molecule has 1 aromatic carbocycles. The molecule has 1 aliphatic heterocycles. The van der Waals surface area contributed by atoms with Crippen LogP contribution in [0.3, 0.4) is 0 Å². The molecule has 0 atom stereocenters. The Balaban J connectivity index is 1.60. The van der Waals surface area contributed by atoms with Gasteiger partial charge in [-0.2, -0.15) is 0 Å². The Bertz CT molecular complexity index is 1130. The maximum absolute atomic E-state index is 12.9. The Morgan fingerprint density at radius 1 is 1.16 bits per heavy atom. The van der Waals surface area contributed by atoms with Gasteiger partial charge in [0.1, 0.15) is 4.21 Å². The fraction of sp³-hybridized carbons (Fsp3) is 0.238. The molecule has 1 aliphatic rings. The maximum atomic E-state index is 12.9. The maximum Gasteiger partial charge on any atom is 0.271 e. The highest BCUT2D eigenvalue weighted by atomic mass is 32.2. The van der Waals surface area contributed by atoms with Crippen LogP contribution >= 0.6 is 11.3 Å². The molecule has 0 spiro atoms. The average Bonchev–Trinajstić information content (AvgIpc) is 3.35. The Labute approximate surface area is 185 Å². The summed E-state index contributed by atoms with van der Waals surface area (Å²) in [6.45, 7) is 3.46. The van der Waals surface area contributed by atoms with Gasteiger partial charge in [0.05, 0.1) is 11.4 Å². The number of carbonyl (C=O) groups excluding carboxylic acids is 1. The number of carbonyl (C=O) groups is 1. The molecule has 162 valence electrons. The number of benzene rings is 1. The van der Waals surface area contributed by atoms with E-state index >= 15 is 0 Å². The monoisotopic (exact) mass is 457 g/mol. The number of amides is 1. The minimum atomic E-state index is -3.74. The predicted molar refractivity (Wildman–Crippen MR) is 122 cm³/mol. The van der Waals surface area contributed by atoms with Crippen LogP contribution in [0, 0.1) is 0 Å². The lowest BCUT2D eigenvalue weighted by Crippen LogP contribution is -2.43. The van der Waals surface area contributed by atoms with E-state index in [1.165, 1.54) is 0 Å². The Morgan fingerprint density at radius 3 is 2.71 bits per heavy atom. The zero-order valence-corrected chi connectivity index (χ0v) is 18.4. The molecule has 3 heterocycles. The Hall–Kier alpha value is -2.95. The van der Waals surface area contributed by atoms with Gasteiger partial charge in [-0.05, 0) is 41.3 Å². The van der Waals surface area contributed by atoms with Crippen molar-refractivity contribution in [2.75, 3.05) is 35.8 Å². The molecule has 0 saturated carbocycles. The third-order valence-corrected chi connectivity index (χ3v) is 7.66. The number of aromatic nitrogens is 1. The van der Waals surface area contributed by atoms with Gasteiger partial charge in [0.25, 0.3) is 15.9 Å². The van der Waals surface area contributed by atoms with Crippen molar-refractivity contribution >= 4 is 38.6 Å². The molecular weight excluding hydrogens is 434 g/mol. The highest BCUT2D eigenvalue weighted by Crippen LogP contribution is 2.30. The van der Waals surface area contributed by atoms with Crippen LogP contribution in [0.5, 0.6) is 0 Å². The second-order valence-electron chi connectivity index (χ2n) is 7.05. The molecular formula is C21H23N5O3S2. The third kappa shape index (κ3) is 5.22. The van der Waals surface area contributed by atoms with E-state index in [9.17, 15) is 13.2 Å². The Kier molecular flexibility index (Phi) is 6.50. The van der Waals surface area contributed by atoms with Gasteiger partial charge in [0.15, 0.2) is 0 Å². The van der Waals surface area contributed by atoms with Crippen molar-refractivity contribution in [2.45, 2.75) is 10.8 Å². The molecule has 2 aromatic heterocycles. The lowest BCUT2D eigenvalue weighted by Gasteiger charge is -2.31. The van der Waals surface area contributed by atoms with E-state index in [0.29, 0.717) is 17.8 Å². The van der Waals surface area contributed by atoms with Crippen LogP contribution in [0.1, 0.15) is 15.9 Å². The van der Waals surface area contributed by atoms with E-state index in [0.717, 1.165) is 48.8 Å². The predicted octanol–water partition coefficient (Wildman–Crippen LogP) is 2.28. The number of rotatable bonds is 7. The molecule has 8 nitrogen and oxygen atoms in total. The summed E-state index contributed by atoms with van der Waals surface area (Å²) in [7, 11) is -3.74. The molecule has 3 N–H and O–H groups in total. The van der Waals surface area contributed by atoms with Crippen molar-refractivity contribution in [2.24, 2.45) is 0 Å². The van der Waals surface area contributed by atoms with Crippen LogP contribution < -0.4 is 20.3 Å². The molecule has 1 amide bonds. The fourth-order valence-corrected chi connectivity index (χ4v) is 5.40. The summed E-state index contributed by atoms with van der Waals surface area (Å²) in [4.78, 5) is 18.9. The quantitative estimate of drug-likeness (QED) is 0.503. The molecule has 1 fully saturated rings. The van der Waals surface area contributed by atoms with Crippen molar-refractivity contribution in [1.29, 1.82) is 0 Å². The number of sulfonamides is 1. The number of nitrogens with one attached hydrogen (secondary N) is 3. The van der Waals surface area contributed by atoms with Gasteiger partial charge < -0.3 is 15.5 Å². The van der Waals surface area contributed by atoms with Crippen LogP contribution in [-0.4, -0.2) is 45.5 Å². The average molecular weight is 458 g/mol. The largest absolute Gasteiger partial charge is 0.367 e. The van der Waals surface area contributed by atoms with Crippen molar-refractivity contribution in [3.63, 3.8) is 0 Å². The minimum Gasteiger partial charge on any atom is -0.367 e. The van der Waals surface area contributed by atoms with Crippen LogP contribution in [0.4, 0.5) is 11.4 Å². The van der Waals surface area contributed by atoms with Gasteiger partial charge in [0.2, 0.25) is 0 Å². The number of anilines is 2. The molecule has 0 radical (unpaired) electrons. The van der Waals surface area contributed by atoms with Gasteiger partial charge in [-0.15, -0.1) is 11.3 Å². The lowest BCUT2D eigenvalue weighted by atomic mass is 10.1. The highest BCUT2D eigenvalue weighted by molar-refractivity contribution is 7.94. The van der Waals surface area contributed by atoms with Gasteiger partial charge in [-0.25, -0.2) is 8.42 Å². The fourth-order valence-electron chi connectivity index (χ4n) is 3.34. The van der Waals surface area contributed by atoms with Crippen molar-refractivity contribution in [3.8, 4) is 0 Å². The Morgan fingerprint density at radius 2 is 2.00 bits per heavy atom. The number of pyridine rings is 1. The van der Waals surface area contributed by atoms with E-state index in [4.69, 9.17) is 0 Å². The molecule has 0 aliphatic carbocycles. The second-order valence-corrected chi connectivity index (χ2v) is 9.91. The van der Waals surface area contributed by atoms with E-state index in [-0.39, 0.29) is 10.1 Å². The van der Waals surface area contributed by atoms with Crippen molar-refractivity contribution < 1.29 is 13.2 Å². The second kappa shape index (κ2) is 9.46. The first kappa shape index (κ1) is 21.3. The number of hydrogen-bond acceptors (Lipinski definition) is 7. The van der Waals surface area contributed by atoms with Crippen molar-refractivity contribution in [1.82, 2.24) is 15.6 Å². The third-order valence-electron chi connectivity index (χ3n) is 4.90. The first-order valence-electron chi connectivity index (χ1n) is 9.86. The van der Waals surface area contributed by atoms with Crippen LogP contribution in [0.15, 0.2) is 64.4 Å². The first-order chi connectivity index (χ1) is 15.0. The molecule has 0 bridgehead atoms. The van der Waals surface area contributed by atoms with Gasteiger partial charge in [-0.3, -0.25) is 14.5 Å².